The standard InChI is InChI=1S/C11H16BrNO/c1-7(2)6-14-11-8(3)4-9(12)5-10(11)13/h4-5,7H,6,13H2,1-3H3. The second kappa shape index (κ2) is 4.69. The van der Waals surface area contributed by atoms with E-state index in [-0.39, 0.29) is 0 Å². The summed E-state index contributed by atoms with van der Waals surface area (Å²) in [7, 11) is 0. The van der Waals surface area contributed by atoms with Crippen molar-refractivity contribution in [3.05, 3.63) is 22.2 Å². The van der Waals surface area contributed by atoms with Crippen molar-refractivity contribution < 1.29 is 4.74 Å². The molecular weight excluding hydrogens is 242 g/mol. The lowest BCUT2D eigenvalue weighted by Crippen LogP contribution is -2.07. The molecule has 0 aromatic heterocycles. The highest BCUT2D eigenvalue weighted by atomic mass is 79.9. The second-order valence-electron chi connectivity index (χ2n) is 3.85. The lowest BCUT2D eigenvalue weighted by Gasteiger charge is -2.13. The Bertz CT molecular complexity index is 300. The van der Waals surface area contributed by atoms with Crippen molar-refractivity contribution in [2.24, 2.45) is 5.92 Å². The molecule has 0 spiro atoms. The highest BCUT2D eigenvalue weighted by Crippen LogP contribution is 2.30. The van der Waals surface area contributed by atoms with Gasteiger partial charge in [-0.15, -0.1) is 0 Å². The summed E-state index contributed by atoms with van der Waals surface area (Å²) in [6.07, 6.45) is 0. The van der Waals surface area contributed by atoms with Gasteiger partial charge in [-0.05, 0) is 30.5 Å². The Hall–Kier alpha value is -0.700. The van der Waals surface area contributed by atoms with Gasteiger partial charge in [0.15, 0.2) is 0 Å². The van der Waals surface area contributed by atoms with Crippen molar-refractivity contribution in [3.63, 3.8) is 0 Å². The minimum Gasteiger partial charge on any atom is -0.491 e. The summed E-state index contributed by atoms with van der Waals surface area (Å²) in [5.74, 6) is 1.32. The number of anilines is 1. The fourth-order valence-corrected chi connectivity index (χ4v) is 1.79. The molecule has 2 N–H and O–H groups in total. The molecule has 0 heterocycles. The van der Waals surface area contributed by atoms with Crippen LogP contribution in [0.15, 0.2) is 16.6 Å². The van der Waals surface area contributed by atoms with Gasteiger partial charge >= 0.3 is 0 Å². The number of hydrogen-bond acceptors (Lipinski definition) is 2. The number of nitrogens with two attached hydrogens (primary N) is 1. The molecule has 0 saturated carbocycles. The van der Waals surface area contributed by atoms with E-state index in [2.05, 4.69) is 29.8 Å². The average Bonchev–Trinajstić information content (AvgIpc) is 2.01. The fourth-order valence-electron chi connectivity index (χ4n) is 1.20. The molecule has 1 aromatic rings. The van der Waals surface area contributed by atoms with Crippen LogP contribution in [0.2, 0.25) is 0 Å². The molecule has 14 heavy (non-hydrogen) atoms. The Morgan fingerprint density at radius 1 is 1.43 bits per heavy atom. The Morgan fingerprint density at radius 3 is 2.57 bits per heavy atom. The quantitative estimate of drug-likeness (QED) is 0.843. The maximum Gasteiger partial charge on any atom is 0.145 e. The summed E-state index contributed by atoms with van der Waals surface area (Å²) in [5.41, 5.74) is 7.61. The molecule has 78 valence electrons. The van der Waals surface area contributed by atoms with Crippen LogP contribution in [-0.4, -0.2) is 6.61 Å². The van der Waals surface area contributed by atoms with Gasteiger partial charge in [0, 0.05) is 4.47 Å². The lowest BCUT2D eigenvalue weighted by molar-refractivity contribution is 0.271. The first-order valence-corrected chi connectivity index (χ1v) is 5.48. The van der Waals surface area contributed by atoms with E-state index in [0.29, 0.717) is 18.2 Å². The largest absolute Gasteiger partial charge is 0.491 e. The van der Waals surface area contributed by atoms with Crippen molar-refractivity contribution in [3.8, 4) is 5.75 Å². The molecule has 2 nitrogen and oxygen atoms in total. The fraction of sp³-hybridized carbons (Fsp3) is 0.455. The van der Waals surface area contributed by atoms with Crippen molar-refractivity contribution in [1.29, 1.82) is 0 Å². The highest BCUT2D eigenvalue weighted by Gasteiger charge is 2.06. The molecule has 1 aromatic carbocycles. The smallest absolute Gasteiger partial charge is 0.145 e. The molecule has 0 aliphatic rings. The van der Waals surface area contributed by atoms with E-state index in [9.17, 15) is 0 Å². The van der Waals surface area contributed by atoms with Gasteiger partial charge in [-0.3, -0.25) is 0 Å². The molecule has 0 amide bonds. The number of nitrogen functional groups attached to an aromatic ring is 1. The number of rotatable bonds is 3. The zero-order chi connectivity index (χ0) is 10.7. The van der Waals surface area contributed by atoms with Crippen molar-refractivity contribution in [1.82, 2.24) is 0 Å². The summed E-state index contributed by atoms with van der Waals surface area (Å²) in [4.78, 5) is 0. The molecule has 0 unspecified atom stereocenters. The van der Waals surface area contributed by atoms with Crippen LogP contribution >= 0.6 is 15.9 Å². The minimum atomic E-state index is 0.512. The predicted molar refractivity (Wildman–Crippen MR) is 63.6 cm³/mol. The second-order valence-corrected chi connectivity index (χ2v) is 4.76. The highest BCUT2D eigenvalue weighted by molar-refractivity contribution is 9.10. The number of benzene rings is 1. The molecule has 0 aliphatic carbocycles. The maximum absolute atomic E-state index is 5.85. The molecule has 3 heteroatoms. The lowest BCUT2D eigenvalue weighted by atomic mass is 10.2. The van der Waals surface area contributed by atoms with E-state index in [1.807, 2.05) is 19.1 Å². The molecule has 0 saturated heterocycles. The van der Waals surface area contributed by atoms with Gasteiger partial charge in [-0.1, -0.05) is 29.8 Å². The Morgan fingerprint density at radius 2 is 2.07 bits per heavy atom. The number of halogens is 1. The van der Waals surface area contributed by atoms with E-state index in [1.165, 1.54) is 0 Å². The van der Waals surface area contributed by atoms with Crippen LogP contribution in [0.1, 0.15) is 19.4 Å². The van der Waals surface area contributed by atoms with Crippen LogP contribution in [-0.2, 0) is 0 Å². The van der Waals surface area contributed by atoms with Crippen LogP contribution in [0.3, 0.4) is 0 Å². The summed E-state index contributed by atoms with van der Waals surface area (Å²) in [5, 5.41) is 0. The SMILES string of the molecule is Cc1cc(Br)cc(N)c1OCC(C)C. The van der Waals surface area contributed by atoms with E-state index in [4.69, 9.17) is 10.5 Å². The average molecular weight is 258 g/mol. The Balaban J connectivity index is 2.86. The van der Waals surface area contributed by atoms with Crippen molar-refractivity contribution >= 4 is 21.6 Å². The normalized spacial score (nSPS) is 10.6. The maximum atomic E-state index is 5.85. The van der Waals surface area contributed by atoms with E-state index in [1.54, 1.807) is 0 Å². The van der Waals surface area contributed by atoms with Gasteiger partial charge in [0.05, 0.1) is 12.3 Å². The van der Waals surface area contributed by atoms with Gasteiger partial charge in [0.2, 0.25) is 0 Å². The Kier molecular flexibility index (Phi) is 3.81. The van der Waals surface area contributed by atoms with Gasteiger partial charge in [-0.2, -0.15) is 0 Å². The third-order valence-electron chi connectivity index (χ3n) is 1.83. The minimum absolute atomic E-state index is 0.512. The first-order valence-electron chi connectivity index (χ1n) is 4.69. The zero-order valence-corrected chi connectivity index (χ0v) is 10.4. The van der Waals surface area contributed by atoms with Crippen LogP contribution < -0.4 is 10.5 Å². The number of ether oxygens (including phenoxy) is 1. The number of hydrogen-bond donors (Lipinski definition) is 1. The van der Waals surface area contributed by atoms with Crippen LogP contribution in [0.5, 0.6) is 5.75 Å². The van der Waals surface area contributed by atoms with Crippen molar-refractivity contribution in [2.45, 2.75) is 20.8 Å². The zero-order valence-electron chi connectivity index (χ0n) is 8.80. The monoisotopic (exact) mass is 257 g/mol. The molecule has 0 bridgehead atoms. The van der Waals surface area contributed by atoms with E-state index >= 15 is 0 Å². The first kappa shape index (κ1) is 11.4. The summed E-state index contributed by atoms with van der Waals surface area (Å²) < 4.78 is 6.63. The van der Waals surface area contributed by atoms with Crippen LogP contribution in [0.25, 0.3) is 0 Å². The topological polar surface area (TPSA) is 35.2 Å². The van der Waals surface area contributed by atoms with Gasteiger partial charge in [-0.25, -0.2) is 0 Å². The summed E-state index contributed by atoms with van der Waals surface area (Å²) in [6.45, 7) is 6.93. The van der Waals surface area contributed by atoms with Crippen LogP contribution in [0.4, 0.5) is 5.69 Å². The van der Waals surface area contributed by atoms with Crippen LogP contribution in [0, 0.1) is 12.8 Å². The van der Waals surface area contributed by atoms with Crippen molar-refractivity contribution in [2.75, 3.05) is 12.3 Å². The third kappa shape index (κ3) is 2.91. The molecule has 0 fully saturated rings. The molecule has 0 radical (unpaired) electrons. The molecule has 1 rings (SSSR count). The molecular formula is C11H16BrNO. The first-order chi connectivity index (χ1) is 6.50. The van der Waals surface area contributed by atoms with E-state index in [0.717, 1.165) is 15.8 Å². The Labute approximate surface area is 93.6 Å². The third-order valence-corrected chi connectivity index (χ3v) is 2.29. The van der Waals surface area contributed by atoms with Gasteiger partial charge < -0.3 is 10.5 Å². The predicted octanol–water partition coefficient (Wildman–Crippen LogP) is 3.37. The molecule has 0 atom stereocenters. The van der Waals surface area contributed by atoms with Gasteiger partial charge in [0.1, 0.15) is 5.75 Å². The van der Waals surface area contributed by atoms with E-state index < -0.39 is 0 Å². The molecule has 0 aliphatic heterocycles. The summed E-state index contributed by atoms with van der Waals surface area (Å²) >= 11 is 3.39. The summed E-state index contributed by atoms with van der Waals surface area (Å²) in [6, 6.07) is 3.87. The van der Waals surface area contributed by atoms with Gasteiger partial charge in [0.25, 0.3) is 0 Å². The number of aryl methyl sites for hydroxylation is 1.